The molecule has 0 fully saturated rings. The molecular formula is C13H17N. The maximum atomic E-state index is 3.50. The monoisotopic (exact) mass is 187 g/mol. The first-order chi connectivity index (χ1) is 6.63. The van der Waals surface area contributed by atoms with E-state index in [4.69, 9.17) is 0 Å². The molecule has 0 atom stereocenters. The lowest BCUT2D eigenvalue weighted by Crippen LogP contribution is -1.81. The number of rotatable bonds is 1. The first kappa shape index (κ1) is 9.32. The largest absolute Gasteiger partial charge is 0.358 e. The Morgan fingerprint density at radius 1 is 1.14 bits per heavy atom. The number of aryl methyl sites for hydroxylation is 4. The van der Waals surface area contributed by atoms with Crippen LogP contribution in [0.3, 0.4) is 0 Å². The first-order valence-corrected chi connectivity index (χ1v) is 5.22. The van der Waals surface area contributed by atoms with Gasteiger partial charge in [0.25, 0.3) is 0 Å². The zero-order chi connectivity index (χ0) is 10.3. The molecule has 0 saturated carbocycles. The second kappa shape index (κ2) is 3.16. The lowest BCUT2D eigenvalue weighted by atomic mass is 10.0. The van der Waals surface area contributed by atoms with Crippen LogP contribution in [-0.2, 0) is 6.42 Å². The van der Waals surface area contributed by atoms with Crippen molar-refractivity contribution in [3.63, 3.8) is 0 Å². The minimum Gasteiger partial charge on any atom is -0.358 e. The highest BCUT2D eigenvalue weighted by atomic mass is 14.7. The maximum Gasteiger partial charge on any atom is 0.0464 e. The summed E-state index contributed by atoms with van der Waals surface area (Å²) in [7, 11) is 0. The van der Waals surface area contributed by atoms with Crippen molar-refractivity contribution in [1.29, 1.82) is 0 Å². The van der Waals surface area contributed by atoms with Gasteiger partial charge in [-0.2, -0.15) is 0 Å². The quantitative estimate of drug-likeness (QED) is 0.701. The van der Waals surface area contributed by atoms with Crippen molar-refractivity contribution in [3.8, 4) is 0 Å². The summed E-state index contributed by atoms with van der Waals surface area (Å²) in [6.07, 6.45) is 1.08. The average molecular weight is 187 g/mol. The molecule has 0 unspecified atom stereocenters. The Hall–Kier alpha value is -1.24. The van der Waals surface area contributed by atoms with Crippen LogP contribution < -0.4 is 0 Å². The van der Waals surface area contributed by atoms with Crippen LogP contribution in [0.2, 0.25) is 0 Å². The lowest BCUT2D eigenvalue weighted by molar-refractivity contribution is 1.05. The van der Waals surface area contributed by atoms with Gasteiger partial charge in [0.05, 0.1) is 0 Å². The molecule has 0 aliphatic carbocycles. The van der Waals surface area contributed by atoms with Crippen LogP contribution in [-0.4, -0.2) is 4.98 Å². The van der Waals surface area contributed by atoms with Crippen LogP contribution in [0.4, 0.5) is 0 Å². The summed E-state index contributed by atoms with van der Waals surface area (Å²) < 4.78 is 0. The zero-order valence-electron chi connectivity index (χ0n) is 9.36. The van der Waals surface area contributed by atoms with Gasteiger partial charge in [0, 0.05) is 16.6 Å². The van der Waals surface area contributed by atoms with E-state index in [1.54, 1.807) is 0 Å². The highest BCUT2D eigenvalue weighted by Gasteiger charge is 2.08. The van der Waals surface area contributed by atoms with Crippen molar-refractivity contribution >= 4 is 10.9 Å². The summed E-state index contributed by atoms with van der Waals surface area (Å²) in [4.78, 5) is 3.50. The van der Waals surface area contributed by atoms with Crippen molar-refractivity contribution in [2.45, 2.75) is 34.1 Å². The molecule has 0 saturated heterocycles. The fourth-order valence-corrected chi connectivity index (χ4v) is 2.32. The molecule has 0 amide bonds. The third-order valence-corrected chi connectivity index (χ3v) is 2.95. The predicted molar refractivity (Wildman–Crippen MR) is 61.9 cm³/mol. The van der Waals surface area contributed by atoms with Crippen molar-refractivity contribution in [2.75, 3.05) is 0 Å². The van der Waals surface area contributed by atoms with Crippen LogP contribution in [0.5, 0.6) is 0 Å². The van der Waals surface area contributed by atoms with Gasteiger partial charge in [-0.25, -0.2) is 0 Å². The van der Waals surface area contributed by atoms with E-state index in [1.165, 1.54) is 33.3 Å². The van der Waals surface area contributed by atoms with Crippen molar-refractivity contribution < 1.29 is 0 Å². The molecule has 14 heavy (non-hydrogen) atoms. The summed E-state index contributed by atoms with van der Waals surface area (Å²) in [5.74, 6) is 0. The molecule has 2 rings (SSSR count). The maximum absolute atomic E-state index is 3.50. The molecule has 1 aromatic heterocycles. The van der Waals surface area contributed by atoms with Gasteiger partial charge in [0.2, 0.25) is 0 Å². The number of aromatic nitrogens is 1. The van der Waals surface area contributed by atoms with Crippen LogP contribution >= 0.6 is 0 Å². The van der Waals surface area contributed by atoms with E-state index < -0.39 is 0 Å². The molecule has 1 nitrogen and oxygen atoms in total. The minimum atomic E-state index is 1.08. The molecule has 74 valence electrons. The summed E-state index contributed by atoms with van der Waals surface area (Å²) in [6, 6.07) is 4.48. The fraction of sp³-hybridized carbons (Fsp3) is 0.385. The van der Waals surface area contributed by atoms with Gasteiger partial charge >= 0.3 is 0 Å². The number of nitrogens with one attached hydrogen (secondary N) is 1. The second-order valence-electron chi connectivity index (χ2n) is 4.09. The van der Waals surface area contributed by atoms with Gasteiger partial charge in [-0.15, -0.1) is 0 Å². The average Bonchev–Trinajstić information content (AvgIpc) is 2.42. The standard InChI is InChI=1S/C13H17N/c1-5-11-10(4)13-9(3)6-8(2)7-12(13)14-11/h6-7,14H,5H2,1-4H3. The number of H-pyrrole nitrogens is 1. The number of fused-ring (bicyclic) bond motifs is 1. The van der Waals surface area contributed by atoms with Gasteiger partial charge in [-0.1, -0.05) is 13.0 Å². The highest BCUT2D eigenvalue weighted by molar-refractivity contribution is 5.88. The number of aromatic amines is 1. The van der Waals surface area contributed by atoms with Crippen molar-refractivity contribution in [1.82, 2.24) is 4.98 Å². The number of benzene rings is 1. The molecule has 1 heteroatoms. The van der Waals surface area contributed by atoms with Crippen LogP contribution in [0.1, 0.15) is 29.3 Å². The second-order valence-corrected chi connectivity index (χ2v) is 4.09. The van der Waals surface area contributed by atoms with Gasteiger partial charge in [0.15, 0.2) is 0 Å². The summed E-state index contributed by atoms with van der Waals surface area (Å²) in [5.41, 5.74) is 6.79. The van der Waals surface area contributed by atoms with E-state index in [-0.39, 0.29) is 0 Å². The molecule has 0 aliphatic rings. The fourth-order valence-electron chi connectivity index (χ4n) is 2.32. The third kappa shape index (κ3) is 1.24. The number of hydrogen-bond acceptors (Lipinski definition) is 0. The van der Waals surface area contributed by atoms with Crippen LogP contribution in [0.15, 0.2) is 12.1 Å². The molecule has 0 bridgehead atoms. The van der Waals surface area contributed by atoms with E-state index in [9.17, 15) is 0 Å². The Morgan fingerprint density at radius 2 is 1.86 bits per heavy atom. The summed E-state index contributed by atoms with van der Waals surface area (Å²) in [5, 5.41) is 1.41. The zero-order valence-corrected chi connectivity index (χ0v) is 9.36. The topological polar surface area (TPSA) is 15.8 Å². The van der Waals surface area contributed by atoms with Crippen molar-refractivity contribution in [3.05, 3.63) is 34.5 Å². The van der Waals surface area contributed by atoms with E-state index in [0.717, 1.165) is 6.42 Å². The number of hydrogen-bond donors (Lipinski definition) is 1. The Kier molecular flexibility index (Phi) is 2.10. The van der Waals surface area contributed by atoms with E-state index in [1.807, 2.05) is 0 Å². The molecule has 1 heterocycles. The Balaban J connectivity index is 2.85. The van der Waals surface area contributed by atoms with E-state index in [2.05, 4.69) is 44.8 Å². The van der Waals surface area contributed by atoms with Gasteiger partial charge in [0.1, 0.15) is 0 Å². The molecular weight excluding hydrogens is 170 g/mol. The highest BCUT2D eigenvalue weighted by Crippen LogP contribution is 2.26. The Labute approximate surface area is 85.1 Å². The molecule has 0 spiro atoms. The normalized spacial score (nSPS) is 11.1. The summed E-state index contributed by atoms with van der Waals surface area (Å²) in [6.45, 7) is 8.74. The van der Waals surface area contributed by atoms with Gasteiger partial charge in [-0.3, -0.25) is 0 Å². The van der Waals surface area contributed by atoms with Crippen LogP contribution in [0.25, 0.3) is 10.9 Å². The molecule has 1 N–H and O–H groups in total. The van der Waals surface area contributed by atoms with Gasteiger partial charge in [-0.05, 0) is 49.9 Å². The van der Waals surface area contributed by atoms with Gasteiger partial charge < -0.3 is 4.98 Å². The molecule has 2 aromatic rings. The molecule has 0 aliphatic heterocycles. The predicted octanol–water partition coefficient (Wildman–Crippen LogP) is 3.66. The molecule has 0 radical (unpaired) electrons. The smallest absolute Gasteiger partial charge is 0.0464 e. The van der Waals surface area contributed by atoms with Crippen molar-refractivity contribution in [2.24, 2.45) is 0 Å². The molecule has 1 aromatic carbocycles. The van der Waals surface area contributed by atoms with Crippen LogP contribution in [0, 0.1) is 20.8 Å². The Bertz CT molecular complexity index is 477. The van der Waals surface area contributed by atoms with E-state index >= 15 is 0 Å². The van der Waals surface area contributed by atoms with E-state index in [0.29, 0.717) is 0 Å². The minimum absolute atomic E-state index is 1.08. The first-order valence-electron chi connectivity index (χ1n) is 5.22. The third-order valence-electron chi connectivity index (χ3n) is 2.95. The lowest BCUT2D eigenvalue weighted by Gasteiger charge is -2.00. The summed E-state index contributed by atoms with van der Waals surface area (Å²) >= 11 is 0. The SMILES string of the molecule is CCc1[nH]c2cc(C)cc(C)c2c1C. The Morgan fingerprint density at radius 3 is 2.50 bits per heavy atom.